The van der Waals surface area contributed by atoms with Gasteiger partial charge in [0.15, 0.2) is 30.1 Å². The molecule has 0 aromatic carbocycles. The molecule has 0 spiro atoms. The molecule has 2 N–H and O–H groups in total. The van der Waals surface area contributed by atoms with Gasteiger partial charge in [0, 0.05) is 31.9 Å². The first kappa shape index (κ1) is 41.6. The van der Waals surface area contributed by atoms with E-state index in [2.05, 4.69) is 0 Å². The number of carbonyl (C=O) groups is 3. The van der Waals surface area contributed by atoms with Crippen LogP contribution in [0.3, 0.4) is 0 Å². The van der Waals surface area contributed by atoms with Crippen LogP contribution in [0.15, 0.2) is 11.3 Å². The zero-order chi connectivity index (χ0) is 38.4. The van der Waals surface area contributed by atoms with Crippen LogP contribution >= 0.6 is 0 Å². The molecule has 14 heteroatoms. The van der Waals surface area contributed by atoms with Gasteiger partial charge in [-0.3, -0.25) is 14.4 Å². The molecule has 0 radical (unpaired) electrons. The quantitative estimate of drug-likeness (QED) is 0.277. The van der Waals surface area contributed by atoms with Crippen molar-refractivity contribution in [2.45, 2.75) is 167 Å². The molecule has 0 aliphatic carbocycles. The van der Waals surface area contributed by atoms with Gasteiger partial charge in [0.25, 0.3) is 6.47 Å². The standard InChI is InChI=1S/C37H61NO13/c1-18-15-36(9)31(50-34-27(40)25(38(11)12)14-19(2)46-34)21(4)29(49-26-16-35(8,44-13)32(45-17-39)23(6)47-26)22(5)33(42)48-24(7)37(10,43)30(41)20(3)28(18)51-36/h17,19-27,29,31-32,34,40,43H,14-16H2,1-13H3/t19-,20+,21+,22-,23+,24?,25?,26?,27?,29?,31?,32?,34?,35-,36?,37-/m1/s1. The summed E-state index contributed by atoms with van der Waals surface area (Å²) in [6.07, 6.45) is -6.62. The number of aliphatic hydroxyl groups excluding tert-OH is 1. The zero-order valence-corrected chi connectivity index (χ0v) is 32.5. The van der Waals surface area contributed by atoms with Crippen LogP contribution in [-0.4, -0.2) is 133 Å². The molecule has 9 unspecified atom stereocenters. The number of likely N-dealkylation sites (N-methyl/N-ethyl adjacent to an activating group) is 1. The van der Waals surface area contributed by atoms with Crippen molar-refractivity contribution >= 4 is 18.2 Å². The second-order valence-electron chi connectivity index (χ2n) is 16.1. The third kappa shape index (κ3) is 8.18. The molecule has 0 aromatic rings. The fourth-order valence-corrected chi connectivity index (χ4v) is 8.46. The lowest BCUT2D eigenvalue weighted by atomic mass is 9.79. The molecule has 2 bridgehead atoms. The van der Waals surface area contributed by atoms with E-state index in [4.69, 9.17) is 37.9 Å². The summed E-state index contributed by atoms with van der Waals surface area (Å²) in [5.41, 5.74) is -3.36. The molecule has 51 heavy (non-hydrogen) atoms. The van der Waals surface area contributed by atoms with Crippen molar-refractivity contribution in [1.29, 1.82) is 0 Å². The zero-order valence-electron chi connectivity index (χ0n) is 32.5. The molecule has 3 fully saturated rings. The van der Waals surface area contributed by atoms with Gasteiger partial charge in [-0.05, 0) is 88.4 Å². The number of methoxy groups -OCH3 is 1. The number of nitrogens with zero attached hydrogens (tertiary/aromatic N) is 1. The Kier molecular flexibility index (Phi) is 12.8. The summed E-state index contributed by atoms with van der Waals surface area (Å²) in [6.45, 7) is 17.6. The highest BCUT2D eigenvalue weighted by Gasteiger charge is 2.56. The number of hydrogen-bond donors (Lipinski definition) is 2. The topological polar surface area (TPSA) is 169 Å². The smallest absolute Gasteiger partial charge is 0.311 e. The van der Waals surface area contributed by atoms with Crippen LogP contribution in [-0.2, 0) is 52.3 Å². The predicted molar refractivity (Wildman–Crippen MR) is 183 cm³/mol. The first-order valence-corrected chi connectivity index (χ1v) is 18.1. The molecule has 16 atom stereocenters. The number of carbonyl (C=O) groups excluding carboxylic acids is 3. The Bertz CT molecular complexity index is 1300. The maximum absolute atomic E-state index is 14.0. The molecule has 4 rings (SSSR count). The summed E-state index contributed by atoms with van der Waals surface area (Å²) in [4.78, 5) is 41.1. The maximum atomic E-state index is 14.0. The van der Waals surface area contributed by atoms with Crippen molar-refractivity contribution in [3.63, 3.8) is 0 Å². The molecular weight excluding hydrogens is 666 g/mol. The second kappa shape index (κ2) is 15.7. The number of hydrogen-bond acceptors (Lipinski definition) is 14. The fraction of sp³-hybridized carbons (Fsp3) is 0.865. The molecule has 4 aliphatic rings. The number of cyclic esters (lactones) is 1. The maximum Gasteiger partial charge on any atom is 0.311 e. The van der Waals surface area contributed by atoms with E-state index in [9.17, 15) is 24.6 Å². The van der Waals surface area contributed by atoms with Gasteiger partial charge in [0.05, 0.1) is 30.1 Å². The number of allylic oxidation sites excluding steroid dienone is 1. The summed E-state index contributed by atoms with van der Waals surface area (Å²) in [5, 5.41) is 23.1. The van der Waals surface area contributed by atoms with Crippen molar-refractivity contribution in [2.75, 3.05) is 21.2 Å². The van der Waals surface area contributed by atoms with E-state index < -0.39 is 95.5 Å². The summed E-state index contributed by atoms with van der Waals surface area (Å²) in [7, 11) is 5.29. The van der Waals surface area contributed by atoms with Crippen LogP contribution in [0.25, 0.3) is 0 Å². The molecule has 292 valence electrons. The van der Waals surface area contributed by atoms with Gasteiger partial charge in [-0.15, -0.1) is 0 Å². The van der Waals surface area contributed by atoms with E-state index in [-0.39, 0.29) is 18.6 Å². The Hall–Kier alpha value is -2.17. The van der Waals surface area contributed by atoms with Crippen LogP contribution in [0.5, 0.6) is 0 Å². The van der Waals surface area contributed by atoms with Crippen LogP contribution in [0, 0.1) is 17.8 Å². The normalized spacial score (nSPS) is 47.2. The fourth-order valence-electron chi connectivity index (χ4n) is 8.46. The van der Waals surface area contributed by atoms with Crippen molar-refractivity contribution in [1.82, 2.24) is 4.90 Å². The Morgan fingerprint density at radius 3 is 2.22 bits per heavy atom. The molecule has 4 heterocycles. The molecule has 0 aromatic heterocycles. The van der Waals surface area contributed by atoms with Gasteiger partial charge in [-0.2, -0.15) is 0 Å². The Balaban J connectivity index is 1.83. The molecule has 0 amide bonds. The summed E-state index contributed by atoms with van der Waals surface area (Å²) in [5.74, 6) is -3.38. The van der Waals surface area contributed by atoms with Gasteiger partial charge >= 0.3 is 5.97 Å². The first-order valence-electron chi connectivity index (χ1n) is 18.1. The number of aliphatic hydroxyl groups is 2. The largest absolute Gasteiger partial charge is 0.488 e. The molecular formula is C37H61NO13. The number of ether oxygens (including phenoxy) is 8. The average molecular weight is 728 g/mol. The molecule has 4 aliphatic heterocycles. The van der Waals surface area contributed by atoms with Crippen LogP contribution < -0.4 is 0 Å². The van der Waals surface area contributed by atoms with Gasteiger partial charge in [-0.1, -0.05) is 6.92 Å². The van der Waals surface area contributed by atoms with Crippen molar-refractivity contribution in [3.05, 3.63) is 11.3 Å². The minimum atomic E-state index is -2.04. The average Bonchev–Trinajstić information content (AvgIpc) is 3.37. The first-order chi connectivity index (χ1) is 23.6. The predicted octanol–water partition coefficient (Wildman–Crippen LogP) is 2.89. The van der Waals surface area contributed by atoms with E-state index in [0.717, 1.165) is 5.57 Å². The third-order valence-electron chi connectivity index (χ3n) is 11.7. The lowest BCUT2D eigenvalue weighted by Crippen LogP contribution is -2.60. The van der Waals surface area contributed by atoms with Crippen molar-refractivity contribution in [2.24, 2.45) is 17.8 Å². The summed E-state index contributed by atoms with van der Waals surface area (Å²) in [6, 6.07) is -0.260. The van der Waals surface area contributed by atoms with Crippen LogP contribution in [0.2, 0.25) is 0 Å². The number of ketones is 1. The Labute approximate surface area is 302 Å². The molecule has 0 saturated carbocycles. The highest BCUT2D eigenvalue weighted by atomic mass is 16.7. The Morgan fingerprint density at radius 1 is 0.980 bits per heavy atom. The minimum Gasteiger partial charge on any atom is -0.488 e. The lowest BCUT2D eigenvalue weighted by molar-refractivity contribution is -0.317. The summed E-state index contributed by atoms with van der Waals surface area (Å²) >= 11 is 0. The highest BCUT2D eigenvalue weighted by Crippen LogP contribution is 2.47. The SMILES string of the molecule is CO[C@]1(C)CC(OC2[C@H](C)C(OC3O[C@H](C)CC(N(C)C)C3O)C3(C)CC(C)=C(O3)[C@H](C)C(=O)[C@](C)(O)C(C)OC(=O)[C@@H]2C)O[C@@H](C)C1OC=O. The highest BCUT2D eigenvalue weighted by molar-refractivity contribution is 5.91. The van der Waals surface area contributed by atoms with Crippen LogP contribution in [0.4, 0.5) is 0 Å². The number of Topliss-reactive ketones (excluding diaryl/α,β-unsaturated/α-hetero) is 1. The van der Waals surface area contributed by atoms with E-state index in [1.54, 1.807) is 27.7 Å². The third-order valence-corrected chi connectivity index (χ3v) is 11.7. The number of esters is 1. The Morgan fingerprint density at radius 2 is 1.63 bits per heavy atom. The van der Waals surface area contributed by atoms with E-state index in [1.807, 2.05) is 46.7 Å². The minimum absolute atomic E-state index is 0.144. The van der Waals surface area contributed by atoms with Crippen LogP contribution in [0.1, 0.15) is 88.5 Å². The second-order valence-corrected chi connectivity index (χ2v) is 16.1. The lowest BCUT2D eigenvalue weighted by Gasteiger charge is -2.49. The number of fused-ring (bicyclic) bond motifs is 2. The number of rotatable bonds is 8. The molecule has 14 nitrogen and oxygen atoms in total. The van der Waals surface area contributed by atoms with E-state index in [1.165, 1.54) is 21.0 Å². The monoisotopic (exact) mass is 727 g/mol. The summed E-state index contributed by atoms with van der Waals surface area (Å²) < 4.78 is 49.8. The van der Waals surface area contributed by atoms with Gasteiger partial charge in [-0.25, -0.2) is 0 Å². The van der Waals surface area contributed by atoms with E-state index in [0.29, 0.717) is 25.1 Å². The van der Waals surface area contributed by atoms with Gasteiger partial charge in [0.1, 0.15) is 35.3 Å². The van der Waals surface area contributed by atoms with E-state index >= 15 is 0 Å². The van der Waals surface area contributed by atoms with Crippen molar-refractivity contribution in [3.8, 4) is 0 Å². The van der Waals surface area contributed by atoms with Crippen molar-refractivity contribution < 1.29 is 62.5 Å². The molecule has 3 saturated heterocycles. The van der Waals surface area contributed by atoms with Gasteiger partial charge in [0.2, 0.25) is 0 Å². The van der Waals surface area contributed by atoms with Gasteiger partial charge < -0.3 is 53.0 Å².